The molecular formula is C25H41N3O2. The Morgan fingerprint density at radius 1 is 0.967 bits per heavy atom. The summed E-state index contributed by atoms with van der Waals surface area (Å²) in [7, 11) is 1.74. The Bertz CT molecular complexity index is 635. The van der Waals surface area contributed by atoms with Crippen LogP contribution in [0.3, 0.4) is 0 Å². The zero-order valence-corrected chi connectivity index (χ0v) is 18.9. The molecule has 30 heavy (non-hydrogen) atoms. The first kappa shape index (κ1) is 22.1. The Morgan fingerprint density at radius 2 is 1.87 bits per heavy atom. The number of methoxy groups -OCH3 is 1. The smallest absolute Gasteiger partial charge is 0.119 e. The molecule has 0 N–H and O–H groups in total. The van der Waals surface area contributed by atoms with E-state index in [1.54, 1.807) is 7.11 Å². The van der Waals surface area contributed by atoms with Gasteiger partial charge in [-0.15, -0.1) is 0 Å². The second-order valence-electron chi connectivity index (χ2n) is 9.51. The Hall–Kier alpha value is -1.14. The van der Waals surface area contributed by atoms with Crippen molar-refractivity contribution in [2.75, 3.05) is 66.1 Å². The zero-order chi connectivity index (χ0) is 20.6. The Labute approximate surface area is 183 Å². The number of piperidine rings is 2. The lowest BCUT2D eigenvalue weighted by Gasteiger charge is -2.46. The highest BCUT2D eigenvalue weighted by Crippen LogP contribution is 2.26. The normalized spacial score (nSPS) is 26.4. The highest BCUT2D eigenvalue weighted by molar-refractivity contribution is 5.28. The van der Waals surface area contributed by atoms with Gasteiger partial charge in [-0.1, -0.05) is 18.6 Å². The molecule has 1 aromatic rings. The number of rotatable bonds is 9. The van der Waals surface area contributed by atoms with Gasteiger partial charge in [-0.05, 0) is 68.8 Å². The Balaban J connectivity index is 1.12. The standard InChI is InChI=1S/C25H41N3O2/c1-29-25-8-5-7-22(17-25)18-27-14-15-28-19-23(9-10-24(28)20-27)21-30-16-6-13-26-11-3-2-4-12-26/h5,7-8,17,23-24H,2-4,6,9-16,18-21H2,1H3/t23?,24-/m0/s1. The van der Waals surface area contributed by atoms with Gasteiger partial charge in [0.2, 0.25) is 0 Å². The summed E-state index contributed by atoms with van der Waals surface area (Å²) in [6.45, 7) is 11.5. The summed E-state index contributed by atoms with van der Waals surface area (Å²) in [6.07, 6.45) is 8.02. The molecule has 1 aromatic carbocycles. The van der Waals surface area contributed by atoms with E-state index in [1.165, 1.54) is 83.4 Å². The SMILES string of the molecule is COc1cccc(CN2CCN3CC(COCCCN4CCCCC4)CC[C@H]3C2)c1. The molecule has 5 nitrogen and oxygen atoms in total. The average Bonchev–Trinajstić information content (AvgIpc) is 2.79. The van der Waals surface area contributed by atoms with Gasteiger partial charge in [0, 0.05) is 51.9 Å². The fourth-order valence-electron chi connectivity index (χ4n) is 5.45. The first-order chi connectivity index (χ1) is 14.8. The molecule has 3 aliphatic heterocycles. The van der Waals surface area contributed by atoms with Crippen LogP contribution >= 0.6 is 0 Å². The quantitative estimate of drug-likeness (QED) is 0.576. The lowest BCUT2D eigenvalue weighted by atomic mass is 9.91. The van der Waals surface area contributed by atoms with Crippen molar-refractivity contribution in [1.29, 1.82) is 0 Å². The molecule has 0 saturated carbocycles. The molecule has 2 atom stereocenters. The number of fused-ring (bicyclic) bond motifs is 1. The summed E-state index contributed by atoms with van der Waals surface area (Å²) >= 11 is 0. The highest BCUT2D eigenvalue weighted by Gasteiger charge is 2.32. The first-order valence-electron chi connectivity index (χ1n) is 12.2. The maximum Gasteiger partial charge on any atom is 0.119 e. The number of hydrogen-bond acceptors (Lipinski definition) is 5. The second kappa shape index (κ2) is 11.5. The summed E-state index contributed by atoms with van der Waals surface area (Å²) in [5.41, 5.74) is 1.36. The molecule has 0 amide bonds. The molecule has 3 fully saturated rings. The van der Waals surface area contributed by atoms with Gasteiger partial charge in [0.25, 0.3) is 0 Å². The molecule has 0 aliphatic carbocycles. The van der Waals surface area contributed by atoms with Crippen molar-refractivity contribution in [3.05, 3.63) is 29.8 Å². The van der Waals surface area contributed by atoms with Crippen molar-refractivity contribution < 1.29 is 9.47 Å². The summed E-state index contributed by atoms with van der Waals surface area (Å²) in [5, 5.41) is 0. The van der Waals surface area contributed by atoms with Crippen molar-refractivity contribution in [3.63, 3.8) is 0 Å². The molecular weight excluding hydrogens is 374 g/mol. The molecule has 5 heteroatoms. The third-order valence-corrected chi connectivity index (χ3v) is 7.20. The molecule has 0 aromatic heterocycles. The fourth-order valence-corrected chi connectivity index (χ4v) is 5.45. The fraction of sp³-hybridized carbons (Fsp3) is 0.760. The maximum absolute atomic E-state index is 6.09. The van der Waals surface area contributed by atoms with Gasteiger partial charge in [0.15, 0.2) is 0 Å². The van der Waals surface area contributed by atoms with Gasteiger partial charge < -0.3 is 14.4 Å². The van der Waals surface area contributed by atoms with Crippen LogP contribution in [0, 0.1) is 5.92 Å². The maximum atomic E-state index is 6.09. The van der Waals surface area contributed by atoms with Crippen LogP contribution in [0.4, 0.5) is 0 Å². The van der Waals surface area contributed by atoms with Crippen molar-refractivity contribution in [2.45, 2.75) is 51.1 Å². The first-order valence-corrected chi connectivity index (χ1v) is 12.2. The van der Waals surface area contributed by atoms with E-state index in [2.05, 4.69) is 32.9 Å². The van der Waals surface area contributed by atoms with Gasteiger partial charge in [-0.3, -0.25) is 9.80 Å². The van der Waals surface area contributed by atoms with Crippen LogP contribution < -0.4 is 4.74 Å². The number of ether oxygens (including phenoxy) is 2. The third-order valence-electron chi connectivity index (χ3n) is 7.20. The minimum absolute atomic E-state index is 0.722. The van der Waals surface area contributed by atoms with E-state index >= 15 is 0 Å². The van der Waals surface area contributed by atoms with E-state index in [0.717, 1.165) is 44.0 Å². The Morgan fingerprint density at radius 3 is 2.73 bits per heavy atom. The van der Waals surface area contributed by atoms with Crippen molar-refractivity contribution >= 4 is 0 Å². The van der Waals surface area contributed by atoms with E-state index in [1.807, 2.05) is 6.07 Å². The van der Waals surface area contributed by atoms with E-state index in [9.17, 15) is 0 Å². The molecule has 3 saturated heterocycles. The molecule has 3 aliphatic rings. The van der Waals surface area contributed by atoms with Gasteiger partial charge >= 0.3 is 0 Å². The minimum Gasteiger partial charge on any atom is -0.497 e. The van der Waals surface area contributed by atoms with Crippen molar-refractivity contribution in [2.24, 2.45) is 5.92 Å². The summed E-state index contributed by atoms with van der Waals surface area (Å²) < 4.78 is 11.5. The largest absolute Gasteiger partial charge is 0.497 e. The van der Waals surface area contributed by atoms with Gasteiger partial charge in [-0.25, -0.2) is 0 Å². The van der Waals surface area contributed by atoms with Crippen LogP contribution in [0.1, 0.15) is 44.1 Å². The third kappa shape index (κ3) is 6.43. The molecule has 4 rings (SSSR count). The van der Waals surface area contributed by atoms with Crippen LogP contribution in [0.15, 0.2) is 24.3 Å². The number of likely N-dealkylation sites (tertiary alicyclic amines) is 1. The molecule has 168 valence electrons. The second-order valence-corrected chi connectivity index (χ2v) is 9.51. The van der Waals surface area contributed by atoms with Crippen LogP contribution in [-0.4, -0.2) is 86.9 Å². The zero-order valence-electron chi connectivity index (χ0n) is 18.9. The van der Waals surface area contributed by atoms with E-state index in [-0.39, 0.29) is 0 Å². The van der Waals surface area contributed by atoms with Gasteiger partial charge in [-0.2, -0.15) is 0 Å². The lowest BCUT2D eigenvalue weighted by molar-refractivity contribution is -0.00317. The summed E-state index contributed by atoms with van der Waals surface area (Å²) in [4.78, 5) is 7.96. The number of hydrogen-bond donors (Lipinski definition) is 0. The topological polar surface area (TPSA) is 28.2 Å². The van der Waals surface area contributed by atoms with Crippen LogP contribution in [0.25, 0.3) is 0 Å². The van der Waals surface area contributed by atoms with Gasteiger partial charge in [0.05, 0.1) is 13.7 Å². The molecule has 0 radical (unpaired) electrons. The Kier molecular flexibility index (Phi) is 8.44. The van der Waals surface area contributed by atoms with E-state index in [4.69, 9.17) is 9.47 Å². The molecule has 0 bridgehead atoms. The predicted molar refractivity (Wildman–Crippen MR) is 122 cm³/mol. The summed E-state index contributed by atoms with van der Waals surface area (Å²) in [6, 6.07) is 9.24. The van der Waals surface area contributed by atoms with Gasteiger partial charge in [0.1, 0.15) is 5.75 Å². The molecule has 1 unspecified atom stereocenters. The highest BCUT2D eigenvalue weighted by atomic mass is 16.5. The van der Waals surface area contributed by atoms with Crippen molar-refractivity contribution in [3.8, 4) is 5.75 Å². The van der Waals surface area contributed by atoms with Crippen LogP contribution in [-0.2, 0) is 11.3 Å². The van der Waals surface area contributed by atoms with Crippen molar-refractivity contribution in [1.82, 2.24) is 14.7 Å². The predicted octanol–water partition coefficient (Wildman–Crippen LogP) is 3.48. The average molecular weight is 416 g/mol. The van der Waals surface area contributed by atoms with Crippen LogP contribution in [0.5, 0.6) is 5.75 Å². The lowest BCUT2D eigenvalue weighted by Crippen LogP contribution is -2.56. The summed E-state index contributed by atoms with van der Waals surface area (Å²) in [5.74, 6) is 1.68. The molecule has 0 spiro atoms. The molecule has 3 heterocycles. The van der Waals surface area contributed by atoms with E-state index in [0.29, 0.717) is 0 Å². The van der Waals surface area contributed by atoms with E-state index < -0.39 is 0 Å². The number of benzene rings is 1. The van der Waals surface area contributed by atoms with Crippen LogP contribution in [0.2, 0.25) is 0 Å². The monoisotopic (exact) mass is 415 g/mol. The minimum atomic E-state index is 0.722. The number of nitrogens with zero attached hydrogens (tertiary/aromatic N) is 3. The number of piperazine rings is 1.